The van der Waals surface area contributed by atoms with Crippen molar-refractivity contribution in [3.63, 3.8) is 0 Å². The van der Waals surface area contributed by atoms with Crippen LogP contribution in [0.15, 0.2) is 30.3 Å². The molecule has 0 aliphatic heterocycles. The van der Waals surface area contributed by atoms with Crippen molar-refractivity contribution in [1.82, 2.24) is 5.32 Å². The SMILES string of the molecule is Cc1cc(C)c([C@H](C)NC(=O)[C@H](C)Oc2ccc(Cl)c(C)c2)cc1C. The van der Waals surface area contributed by atoms with Gasteiger partial charge in [0.25, 0.3) is 5.91 Å². The molecule has 2 aromatic carbocycles. The van der Waals surface area contributed by atoms with E-state index in [1.165, 1.54) is 16.7 Å². The van der Waals surface area contributed by atoms with E-state index in [2.05, 4.69) is 38.2 Å². The van der Waals surface area contributed by atoms with Gasteiger partial charge in [-0.15, -0.1) is 0 Å². The van der Waals surface area contributed by atoms with Crippen LogP contribution in [0.4, 0.5) is 0 Å². The monoisotopic (exact) mass is 359 g/mol. The van der Waals surface area contributed by atoms with E-state index in [0.29, 0.717) is 10.8 Å². The Labute approximate surface area is 155 Å². The largest absolute Gasteiger partial charge is 0.481 e. The number of hydrogen-bond donors (Lipinski definition) is 1. The Balaban J connectivity index is 2.05. The van der Waals surface area contributed by atoms with E-state index in [1.54, 1.807) is 19.1 Å². The Hall–Kier alpha value is -2.00. The Bertz CT molecular complexity index is 786. The summed E-state index contributed by atoms with van der Waals surface area (Å²) in [7, 11) is 0. The summed E-state index contributed by atoms with van der Waals surface area (Å²) in [4.78, 5) is 12.5. The van der Waals surface area contributed by atoms with Crippen LogP contribution in [0.1, 0.15) is 47.7 Å². The highest BCUT2D eigenvalue weighted by atomic mass is 35.5. The first kappa shape index (κ1) is 19.3. The van der Waals surface area contributed by atoms with Crippen molar-refractivity contribution in [2.45, 2.75) is 53.7 Å². The molecule has 25 heavy (non-hydrogen) atoms. The molecule has 1 N–H and O–H groups in total. The van der Waals surface area contributed by atoms with Crippen molar-refractivity contribution in [3.05, 3.63) is 63.2 Å². The average Bonchev–Trinajstić information content (AvgIpc) is 2.54. The van der Waals surface area contributed by atoms with E-state index in [-0.39, 0.29) is 11.9 Å². The van der Waals surface area contributed by atoms with Gasteiger partial charge < -0.3 is 10.1 Å². The fourth-order valence-corrected chi connectivity index (χ4v) is 2.92. The molecule has 0 aliphatic carbocycles. The standard InChI is InChI=1S/C21H26ClNO2/c1-12-9-14(3)19(11-13(12)2)16(5)23-21(24)17(6)25-18-7-8-20(22)15(4)10-18/h7-11,16-17H,1-6H3,(H,23,24)/t16-,17-/m0/s1. The third kappa shape index (κ3) is 4.76. The zero-order valence-corrected chi connectivity index (χ0v) is 16.5. The van der Waals surface area contributed by atoms with E-state index in [4.69, 9.17) is 16.3 Å². The lowest BCUT2D eigenvalue weighted by atomic mass is 9.96. The Morgan fingerprint density at radius 1 is 0.960 bits per heavy atom. The van der Waals surface area contributed by atoms with Gasteiger partial charge in [-0.25, -0.2) is 0 Å². The maximum atomic E-state index is 12.5. The number of amides is 1. The number of hydrogen-bond acceptors (Lipinski definition) is 2. The first-order chi connectivity index (χ1) is 11.7. The summed E-state index contributed by atoms with van der Waals surface area (Å²) >= 11 is 6.02. The van der Waals surface area contributed by atoms with Crippen molar-refractivity contribution >= 4 is 17.5 Å². The Morgan fingerprint density at radius 2 is 1.60 bits per heavy atom. The minimum absolute atomic E-state index is 0.0789. The highest BCUT2D eigenvalue weighted by Gasteiger charge is 2.19. The first-order valence-corrected chi connectivity index (χ1v) is 8.87. The van der Waals surface area contributed by atoms with E-state index in [9.17, 15) is 4.79 Å². The number of halogens is 1. The number of rotatable bonds is 5. The van der Waals surface area contributed by atoms with Crippen molar-refractivity contribution in [2.75, 3.05) is 0 Å². The van der Waals surface area contributed by atoms with E-state index in [1.807, 2.05) is 19.9 Å². The van der Waals surface area contributed by atoms with Gasteiger partial charge in [0, 0.05) is 5.02 Å². The molecular formula is C21H26ClNO2. The molecule has 0 saturated heterocycles. The summed E-state index contributed by atoms with van der Waals surface area (Å²) in [6.45, 7) is 11.9. The second-order valence-electron chi connectivity index (χ2n) is 6.69. The molecule has 0 spiro atoms. The molecule has 0 radical (unpaired) electrons. The third-order valence-corrected chi connectivity index (χ3v) is 4.94. The topological polar surface area (TPSA) is 38.3 Å². The fraction of sp³-hybridized carbons (Fsp3) is 0.381. The summed E-state index contributed by atoms with van der Waals surface area (Å²) in [6.07, 6.45) is -0.588. The van der Waals surface area contributed by atoms with Gasteiger partial charge >= 0.3 is 0 Å². The summed E-state index contributed by atoms with van der Waals surface area (Å²) in [5, 5.41) is 3.72. The van der Waals surface area contributed by atoms with Gasteiger partial charge in [-0.2, -0.15) is 0 Å². The van der Waals surface area contributed by atoms with Gasteiger partial charge in [-0.1, -0.05) is 23.7 Å². The lowest BCUT2D eigenvalue weighted by Crippen LogP contribution is -2.38. The molecule has 0 aliphatic rings. The highest BCUT2D eigenvalue weighted by molar-refractivity contribution is 6.31. The third-order valence-electron chi connectivity index (χ3n) is 4.52. The van der Waals surface area contributed by atoms with Crippen LogP contribution in [0.5, 0.6) is 5.75 Å². The Morgan fingerprint density at radius 3 is 2.24 bits per heavy atom. The first-order valence-electron chi connectivity index (χ1n) is 8.50. The van der Waals surface area contributed by atoms with E-state index >= 15 is 0 Å². The maximum Gasteiger partial charge on any atom is 0.261 e. The summed E-state index contributed by atoms with van der Waals surface area (Å²) < 4.78 is 5.75. The molecular weight excluding hydrogens is 334 g/mol. The van der Waals surface area contributed by atoms with Crippen molar-refractivity contribution in [1.29, 1.82) is 0 Å². The van der Waals surface area contributed by atoms with Crippen LogP contribution >= 0.6 is 11.6 Å². The molecule has 2 rings (SSSR count). The van der Waals surface area contributed by atoms with Gasteiger partial charge in [0.2, 0.25) is 0 Å². The van der Waals surface area contributed by atoms with Gasteiger partial charge in [-0.05, 0) is 87.6 Å². The maximum absolute atomic E-state index is 12.5. The van der Waals surface area contributed by atoms with E-state index in [0.717, 1.165) is 11.1 Å². The number of benzene rings is 2. The molecule has 0 fully saturated rings. The number of carbonyl (C=O) groups excluding carboxylic acids is 1. The molecule has 3 nitrogen and oxygen atoms in total. The lowest BCUT2D eigenvalue weighted by Gasteiger charge is -2.21. The molecule has 0 heterocycles. The molecule has 1 amide bonds. The van der Waals surface area contributed by atoms with E-state index < -0.39 is 6.10 Å². The number of ether oxygens (including phenoxy) is 1. The summed E-state index contributed by atoms with van der Waals surface area (Å²) in [6, 6.07) is 9.61. The second-order valence-corrected chi connectivity index (χ2v) is 7.10. The zero-order chi connectivity index (χ0) is 18.7. The van der Waals surface area contributed by atoms with Gasteiger partial charge in [0.15, 0.2) is 6.10 Å². The normalized spacial score (nSPS) is 13.2. The summed E-state index contributed by atoms with van der Waals surface area (Å²) in [5.74, 6) is 0.497. The van der Waals surface area contributed by atoms with Gasteiger partial charge in [0.1, 0.15) is 5.75 Å². The smallest absolute Gasteiger partial charge is 0.261 e. The zero-order valence-electron chi connectivity index (χ0n) is 15.7. The van der Waals surface area contributed by atoms with Gasteiger partial charge in [0.05, 0.1) is 6.04 Å². The molecule has 0 aromatic heterocycles. The van der Waals surface area contributed by atoms with Crippen LogP contribution in [0.25, 0.3) is 0 Å². The minimum atomic E-state index is -0.588. The number of nitrogens with one attached hydrogen (secondary N) is 1. The van der Waals surface area contributed by atoms with Crippen LogP contribution in [-0.4, -0.2) is 12.0 Å². The van der Waals surface area contributed by atoms with Crippen molar-refractivity contribution < 1.29 is 9.53 Å². The molecule has 0 unspecified atom stereocenters. The minimum Gasteiger partial charge on any atom is -0.481 e. The van der Waals surface area contributed by atoms with Gasteiger partial charge in [-0.3, -0.25) is 4.79 Å². The fourth-order valence-electron chi connectivity index (χ4n) is 2.81. The average molecular weight is 360 g/mol. The molecule has 134 valence electrons. The van der Waals surface area contributed by atoms with Crippen LogP contribution in [-0.2, 0) is 4.79 Å². The predicted octanol–water partition coefficient (Wildman–Crippen LogP) is 5.22. The van der Waals surface area contributed by atoms with Crippen molar-refractivity contribution in [2.24, 2.45) is 0 Å². The highest BCUT2D eigenvalue weighted by Crippen LogP contribution is 2.23. The molecule has 0 saturated carbocycles. The van der Waals surface area contributed by atoms with Crippen LogP contribution in [0.2, 0.25) is 5.02 Å². The molecule has 2 atom stereocenters. The Kier molecular flexibility index (Phi) is 6.12. The molecule has 0 bridgehead atoms. The molecule has 2 aromatic rings. The summed E-state index contributed by atoms with van der Waals surface area (Å²) in [5.41, 5.74) is 5.71. The predicted molar refractivity (Wildman–Crippen MR) is 103 cm³/mol. The second kappa shape index (κ2) is 7.92. The quantitative estimate of drug-likeness (QED) is 0.794. The van der Waals surface area contributed by atoms with Crippen LogP contribution in [0.3, 0.4) is 0 Å². The van der Waals surface area contributed by atoms with Crippen LogP contribution < -0.4 is 10.1 Å². The molecule has 4 heteroatoms. The number of aryl methyl sites for hydroxylation is 4. The number of carbonyl (C=O) groups is 1. The lowest BCUT2D eigenvalue weighted by molar-refractivity contribution is -0.127. The van der Waals surface area contributed by atoms with Crippen molar-refractivity contribution in [3.8, 4) is 5.75 Å². The van der Waals surface area contributed by atoms with Crippen LogP contribution in [0, 0.1) is 27.7 Å².